The predicted molar refractivity (Wildman–Crippen MR) is 68.1 cm³/mol. The molecule has 92 valence electrons. The van der Waals surface area contributed by atoms with E-state index in [1.54, 1.807) is 5.51 Å². The summed E-state index contributed by atoms with van der Waals surface area (Å²) in [5.41, 5.74) is 2.39. The van der Waals surface area contributed by atoms with E-state index in [0.29, 0.717) is 11.7 Å². The van der Waals surface area contributed by atoms with Crippen molar-refractivity contribution in [3.05, 3.63) is 16.6 Å². The highest BCUT2D eigenvalue weighted by molar-refractivity contribution is 7.07. The molecule has 1 saturated heterocycles. The van der Waals surface area contributed by atoms with Crippen molar-refractivity contribution < 1.29 is 4.79 Å². The van der Waals surface area contributed by atoms with Gasteiger partial charge in [-0.15, -0.1) is 11.3 Å². The summed E-state index contributed by atoms with van der Waals surface area (Å²) < 4.78 is 0. The fourth-order valence-electron chi connectivity index (χ4n) is 3.34. The smallest absolute Gasteiger partial charge is 0.273 e. The topological polar surface area (TPSA) is 33.2 Å². The standard InChI is InChI=1S/C13H18N2OS/c16-13(11-8-17-9-14-11)15-7-3-5-10-4-1-2-6-12(10)15/h8-10,12H,1-7H2/t10-,12-/m1/s1. The Morgan fingerprint density at radius 3 is 2.94 bits per heavy atom. The molecular formula is C13H18N2OS. The first-order valence-electron chi connectivity index (χ1n) is 6.55. The molecule has 17 heavy (non-hydrogen) atoms. The van der Waals surface area contributed by atoms with E-state index in [2.05, 4.69) is 9.88 Å². The lowest BCUT2D eigenvalue weighted by Crippen LogP contribution is -2.49. The Bertz CT molecular complexity index is 388. The number of piperidine rings is 1. The van der Waals surface area contributed by atoms with Crippen LogP contribution in [0.4, 0.5) is 0 Å². The molecule has 0 bridgehead atoms. The van der Waals surface area contributed by atoms with Crippen LogP contribution >= 0.6 is 11.3 Å². The fourth-order valence-corrected chi connectivity index (χ4v) is 3.87. The molecular weight excluding hydrogens is 232 g/mol. The maximum Gasteiger partial charge on any atom is 0.273 e. The number of nitrogens with zero attached hydrogens (tertiary/aromatic N) is 2. The minimum absolute atomic E-state index is 0.155. The Labute approximate surface area is 106 Å². The van der Waals surface area contributed by atoms with E-state index >= 15 is 0 Å². The molecule has 0 aromatic carbocycles. The summed E-state index contributed by atoms with van der Waals surface area (Å²) in [6, 6.07) is 0.492. The van der Waals surface area contributed by atoms with E-state index < -0.39 is 0 Å². The number of likely N-dealkylation sites (tertiary alicyclic amines) is 1. The van der Waals surface area contributed by atoms with Gasteiger partial charge in [0.1, 0.15) is 5.69 Å². The second-order valence-electron chi connectivity index (χ2n) is 5.13. The van der Waals surface area contributed by atoms with Crippen LogP contribution in [0.2, 0.25) is 0 Å². The van der Waals surface area contributed by atoms with E-state index in [-0.39, 0.29) is 5.91 Å². The molecule has 1 aliphatic carbocycles. The van der Waals surface area contributed by atoms with Crippen molar-refractivity contribution in [3.63, 3.8) is 0 Å². The molecule has 0 spiro atoms. The average Bonchev–Trinajstić information content (AvgIpc) is 2.91. The van der Waals surface area contributed by atoms with Crippen LogP contribution in [0.25, 0.3) is 0 Å². The van der Waals surface area contributed by atoms with Gasteiger partial charge < -0.3 is 4.90 Å². The van der Waals surface area contributed by atoms with E-state index in [4.69, 9.17) is 0 Å². The average molecular weight is 250 g/mol. The number of amides is 1. The van der Waals surface area contributed by atoms with Gasteiger partial charge in [-0.3, -0.25) is 4.79 Å². The Morgan fingerprint density at radius 2 is 2.12 bits per heavy atom. The first kappa shape index (κ1) is 11.2. The third-order valence-corrected chi connectivity index (χ3v) is 4.74. The highest BCUT2D eigenvalue weighted by atomic mass is 32.1. The summed E-state index contributed by atoms with van der Waals surface area (Å²) >= 11 is 1.50. The molecule has 0 N–H and O–H groups in total. The normalized spacial score (nSPS) is 28.8. The zero-order chi connectivity index (χ0) is 11.7. The highest BCUT2D eigenvalue weighted by Gasteiger charge is 2.36. The molecule has 2 heterocycles. The SMILES string of the molecule is O=C(c1cscn1)N1CCC[C@H]2CCCC[C@H]21. The number of carbonyl (C=O) groups excluding carboxylic acids is 1. The lowest BCUT2D eigenvalue weighted by atomic mass is 9.78. The number of hydrogen-bond donors (Lipinski definition) is 0. The van der Waals surface area contributed by atoms with E-state index in [0.717, 1.165) is 18.9 Å². The fraction of sp³-hybridized carbons (Fsp3) is 0.692. The molecule has 1 aliphatic heterocycles. The van der Waals surface area contributed by atoms with Crippen molar-refractivity contribution in [1.82, 2.24) is 9.88 Å². The second kappa shape index (κ2) is 4.77. The Kier molecular flexibility index (Phi) is 3.14. The molecule has 4 heteroatoms. The molecule has 2 aliphatic rings. The third kappa shape index (κ3) is 2.10. The van der Waals surface area contributed by atoms with Gasteiger partial charge in [0.25, 0.3) is 5.91 Å². The maximum atomic E-state index is 12.4. The number of rotatable bonds is 1. The van der Waals surface area contributed by atoms with Crippen LogP contribution in [0.3, 0.4) is 0 Å². The van der Waals surface area contributed by atoms with E-state index in [9.17, 15) is 4.79 Å². The zero-order valence-electron chi connectivity index (χ0n) is 9.97. The minimum atomic E-state index is 0.155. The van der Waals surface area contributed by atoms with Gasteiger partial charge in [0.15, 0.2) is 0 Å². The molecule has 0 unspecified atom stereocenters. The van der Waals surface area contributed by atoms with Gasteiger partial charge >= 0.3 is 0 Å². The van der Waals surface area contributed by atoms with Gasteiger partial charge in [0.2, 0.25) is 0 Å². The van der Waals surface area contributed by atoms with E-state index in [1.165, 1.54) is 43.4 Å². The summed E-state index contributed by atoms with van der Waals surface area (Å²) in [7, 11) is 0. The van der Waals surface area contributed by atoms with Crippen molar-refractivity contribution in [2.45, 2.75) is 44.6 Å². The molecule has 2 atom stereocenters. The first-order valence-corrected chi connectivity index (χ1v) is 7.49. The molecule has 0 radical (unpaired) electrons. The molecule has 1 saturated carbocycles. The largest absolute Gasteiger partial charge is 0.334 e. The van der Waals surface area contributed by atoms with Crippen molar-refractivity contribution in [2.75, 3.05) is 6.54 Å². The van der Waals surface area contributed by atoms with Crippen LogP contribution < -0.4 is 0 Å². The van der Waals surface area contributed by atoms with Crippen molar-refractivity contribution in [1.29, 1.82) is 0 Å². The molecule has 1 aromatic rings. The predicted octanol–water partition coefficient (Wildman–Crippen LogP) is 2.94. The monoisotopic (exact) mass is 250 g/mol. The van der Waals surface area contributed by atoms with Crippen LogP contribution in [0.1, 0.15) is 49.0 Å². The summed E-state index contributed by atoms with van der Waals surface area (Å²) in [5.74, 6) is 0.905. The third-order valence-electron chi connectivity index (χ3n) is 4.16. The van der Waals surface area contributed by atoms with Crippen LogP contribution in [-0.4, -0.2) is 28.4 Å². The Balaban J connectivity index is 1.79. The first-order chi connectivity index (χ1) is 8.36. The minimum Gasteiger partial charge on any atom is -0.334 e. The number of aromatic nitrogens is 1. The lowest BCUT2D eigenvalue weighted by molar-refractivity contribution is 0.0386. The van der Waals surface area contributed by atoms with Crippen LogP contribution in [0.15, 0.2) is 10.9 Å². The lowest BCUT2D eigenvalue weighted by Gasteiger charge is -2.43. The van der Waals surface area contributed by atoms with Gasteiger partial charge in [-0.25, -0.2) is 4.98 Å². The summed E-state index contributed by atoms with van der Waals surface area (Å²) in [4.78, 5) is 18.6. The number of fused-ring (bicyclic) bond motifs is 1. The quantitative estimate of drug-likeness (QED) is 0.767. The van der Waals surface area contributed by atoms with Gasteiger partial charge in [0.05, 0.1) is 5.51 Å². The van der Waals surface area contributed by atoms with Crippen LogP contribution in [0.5, 0.6) is 0 Å². The zero-order valence-corrected chi connectivity index (χ0v) is 10.8. The molecule has 3 rings (SSSR count). The van der Waals surface area contributed by atoms with Gasteiger partial charge in [-0.2, -0.15) is 0 Å². The van der Waals surface area contributed by atoms with Crippen molar-refractivity contribution in [3.8, 4) is 0 Å². The number of thiazole rings is 1. The molecule has 1 amide bonds. The van der Waals surface area contributed by atoms with Crippen LogP contribution in [0, 0.1) is 5.92 Å². The Morgan fingerprint density at radius 1 is 1.29 bits per heavy atom. The van der Waals surface area contributed by atoms with Gasteiger partial charge in [-0.1, -0.05) is 12.8 Å². The highest BCUT2D eigenvalue weighted by Crippen LogP contribution is 2.35. The molecule has 1 aromatic heterocycles. The van der Waals surface area contributed by atoms with Crippen LogP contribution in [-0.2, 0) is 0 Å². The summed E-state index contributed by atoms with van der Waals surface area (Å²) in [6.45, 7) is 0.928. The maximum absolute atomic E-state index is 12.4. The summed E-state index contributed by atoms with van der Waals surface area (Å²) in [6.07, 6.45) is 7.61. The van der Waals surface area contributed by atoms with E-state index in [1.807, 2.05) is 5.38 Å². The summed E-state index contributed by atoms with van der Waals surface area (Å²) in [5, 5.41) is 1.87. The molecule has 2 fully saturated rings. The van der Waals surface area contributed by atoms with Crippen molar-refractivity contribution in [2.24, 2.45) is 5.92 Å². The molecule has 3 nitrogen and oxygen atoms in total. The number of carbonyl (C=O) groups is 1. The van der Waals surface area contributed by atoms with Crippen molar-refractivity contribution >= 4 is 17.2 Å². The Hall–Kier alpha value is -0.900. The second-order valence-corrected chi connectivity index (χ2v) is 5.85. The van der Waals surface area contributed by atoms with Gasteiger partial charge in [-0.05, 0) is 31.6 Å². The van der Waals surface area contributed by atoms with Gasteiger partial charge in [0, 0.05) is 18.0 Å². The number of hydrogen-bond acceptors (Lipinski definition) is 3.